The summed E-state index contributed by atoms with van der Waals surface area (Å²) in [6.45, 7) is 18.3. The lowest BCUT2D eigenvalue weighted by atomic mass is 9.34. The molecule has 1 saturated heterocycles. The number of allylic oxidation sites excluding steroid dienone is 1. The van der Waals surface area contributed by atoms with Gasteiger partial charge < -0.3 is 30.4 Å². The smallest absolute Gasteiger partial charge is 0.323 e. The fourth-order valence-electron chi connectivity index (χ4n) is 12.8. The molecule has 0 spiro atoms. The highest BCUT2D eigenvalue weighted by Crippen LogP contribution is 2.75. The number of nitrogens with two attached hydrogens (primary N) is 1. The molecule has 1 heterocycles. The van der Waals surface area contributed by atoms with Crippen molar-refractivity contribution in [2.45, 2.75) is 131 Å². The van der Waals surface area contributed by atoms with Gasteiger partial charge in [-0.15, -0.1) is 0 Å². The number of hydrogen-bond acceptors (Lipinski definition) is 8. The molecule has 11 heteroatoms. The van der Waals surface area contributed by atoms with Gasteiger partial charge in [0.25, 0.3) is 5.91 Å². The van der Waals surface area contributed by atoms with Crippen molar-refractivity contribution in [2.24, 2.45) is 62.4 Å². The summed E-state index contributed by atoms with van der Waals surface area (Å²) >= 11 is 5.93. The first-order chi connectivity index (χ1) is 26.2. The Kier molecular flexibility index (Phi) is 11.9. The fraction of sp³-hybridized carbons (Fsp3) is 0.733. The molecule has 1 unspecified atom stereocenters. The van der Waals surface area contributed by atoms with Gasteiger partial charge in [0.05, 0.1) is 19.1 Å². The second-order valence-corrected chi connectivity index (χ2v) is 19.9. The van der Waals surface area contributed by atoms with Gasteiger partial charge in [-0.25, -0.2) is 0 Å². The lowest BCUT2D eigenvalue weighted by Gasteiger charge is -2.71. The Balaban J connectivity index is 1.20. The number of carboxylic acid groups (broad SMARTS) is 1. The standard InChI is InChI=1S/C45H65ClN2O8/c1-26(2)27(3)41(5)20-21-43(7)31-16-17-35-42(6)24-54-25-45(35,32(31)18-19-44(43,8)36(41)39(51)52)23-34(55-28(4)49)37(42)56-40(53)33(47)11-9-10-22-48-38(50)29-12-14-30(46)15-13-29/h12-15,18,26-27,31,33-37H,9-11,16-17,19-25,47H2,1-8H3,(H,48,50)(H,51,52)/t27-,31+,33?,34-,35+,36-,37+,41-,42+,43-,44+,45+/m1/s1. The number of nitrogens with one attached hydrogen (secondary N) is 1. The highest BCUT2D eigenvalue weighted by Gasteiger charge is 2.72. The van der Waals surface area contributed by atoms with Gasteiger partial charge in [0.1, 0.15) is 18.2 Å². The Labute approximate surface area is 338 Å². The third kappa shape index (κ3) is 7.01. The molecule has 310 valence electrons. The summed E-state index contributed by atoms with van der Waals surface area (Å²) in [5.41, 5.74) is 6.15. The summed E-state index contributed by atoms with van der Waals surface area (Å²) in [6, 6.07) is 5.80. The molecule has 1 aromatic rings. The number of unbranched alkanes of at least 4 members (excludes halogenated alkanes) is 1. The minimum atomic E-state index is -0.883. The van der Waals surface area contributed by atoms with E-state index in [4.69, 9.17) is 31.5 Å². The summed E-state index contributed by atoms with van der Waals surface area (Å²) in [4.78, 5) is 52.3. The number of fused-ring (bicyclic) bond motifs is 3. The van der Waals surface area contributed by atoms with Crippen molar-refractivity contribution in [3.8, 4) is 0 Å². The second kappa shape index (κ2) is 15.7. The summed E-state index contributed by atoms with van der Waals surface area (Å²) in [7, 11) is 0. The maximum atomic E-state index is 13.7. The van der Waals surface area contributed by atoms with Crippen molar-refractivity contribution in [3.05, 3.63) is 46.5 Å². The van der Waals surface area contributed by atoms with E-state index in [9.17, 15) is 24.3 Å². The van der Waals surface area contributed by atoms with Gasteiger partial charge in [0, 0.05) is 34.9 Å². The number of amides is 1. The topological polar surface area (TPSA) is 154 Å². The number of carbonyl (C=O) groups excluding carboxylic acids is 3. The molecule has 3 saturated carbocycles. The maximum absolute atomic E-state index is 13.7. The molecule has 10 nitrogen and oxygen atoms in total. The lowest BCUT2D eigenvalue weighted by Crippen LogP contribution is -2.70. The van der Waals surface area contributed by atoms with Crippen LogP contribution >= 0.6 is 11.6 Å². The van der Waals surface area contributed by atoms with Crippen LogP contribution in [0.4, 0.5) is 0 Å². The van der Waals surface area contributed by atoms with Gasteiger partial charge in [-0.2, -0.15) is 0 Å². The Morgan fingerprint density at radius 3 is 2.32 bits per heavy atom. The molecule has 1 aromatic carbocycles. The van der Waals surface area contributed by atoms with Gasteiger partial charge in [-0.05, 0) is 122 Å². The van der Waals surface area contributed by atoms with Gasteiger partial charge in [-0.1, -0.05) is 71.7 Å². The number of halogens is 1. The monoisotopic (exact) mass is 796 g/mol. The summed E-state index contributed by atoms with van der Waals surface area (Å²) in [6.07, 6.45) is 7.26. The van der Waals surface area contributed by atoms with Crippen LogP contribution in [0.1, 0.15) is 124 Å². The van der Waals surface area contributed by atoms with Crippen LogP contribution in [0.15, 0.2) is 35.9 Å². The predicted octanol–water partition coefficient (Wildman–Crippen LogP) is 8.00. The third-order valence-corrected chi connectivity index (χ3v) is 16.5. The molecule has 2 bridgehead atoms. The number of benzene rings is 1. The second-order valence-electron chi connectivity index (χ2n) is 19.4. The SMILES string of the molecule is CC(=O)O[C@@H]1C[C@@]23COC[C@@](C)([C@@H]2CC[C@H]2C3=CC[C@@]3(C)[C@H](C(=O)O)[C@@](C)([C@H](C)C(C)C)CC[C@]23C)[C@H]1OC(=O)C(N)CCCCNC(=O)c1ccc(Cl)cc1. The minimum Gasteiger partial charge on any atom is -0.481 e. The Hall–Kier alpha value is -2.95. The summed E-state index contributed by atoms with van der Waals surface area (Å²) in [5, 5.41) is 14.5. The van der Waals surface area contributed by atoms with Gasteiger partial charge in [-0.3, -0.25) is 19.2 Å². The zero-order valence-electron chi connectivity index (χ0n) is 34.8. The van der Waals surface area contributed by atoms with Crippen LogP contribution in [0.5, 0.6) is 0 Å². The lowest BCUT2D eigenvalue weighted by molar-refractivity contribution is -0.263. The Morgan fingerprint density at radius 2 is 1.68 bits per heavy atom. The van der Waals surface area contributed by atoms with Crippen molar-refractivity contribution < 1.29 is 38.5 Å². The normalized spacial score (nSPS) is 38.5. The molecular formula is C45H65ClN2O8. The van der Waals surface area contributed by atoms with Crippen molar-refractivity contribution in [3.63, 3.8) is 0 Å². The van der Waals surface area contributed by atoms with Gasteiger partial charge >= 0.3 is 17.9 Å². The minimum absolute atomic E-state index is 0.106. The molecule has 0 radical (unpaired) electrons. The van der Waals surface area contributed by atoms with E-state index in [1.54, 1.807) is 24.3 Å². The molecule has 0 aromatic heterocycles. The van der Waals surface area contributed by atoms with E-state index in [0.29, 0.717) is 68.4 Å². The maximum Gasteiger partial charge on any atom is 0.323 e. The number of rotatable bonds is 12. The largest absolute Gasteiger partial charge is 0.481 e. The summed E-state index contributed by atoms with van der Waals surface area (Å²) in [5.74, 6) is -1.46. The zero-order valence-corrected chi connectivity index (χ0v) is 35.5. The highest BCUT2D eigenvalue weighted by atomic mass is 35.5. The third-order valence-electron chi connectivity index (χ3n) is 16.3. The predicted molar refractivity (Wildman–Crippen MR) is 215 cm³/mol. The van der Waals surface area contributed by atoms with E-state index in [0.717, 1.165) is 25.7 Å². The number of esters is 2. The van der Waals surface area contributed by atoms with E-state index >= 15 is 0 Å². The van der Waals surface area contributed by atoms with Crippen LogP contribution in [-0.4, -0.2) is 66.9 Å². The molecule has 1 amide bonds. The number of aliphatic carboxylic acids is 1. The quantitative estimate of drug-likeness (QED) is 0.108. The molecule has 4 aliphatic carbocycles. The van der Waals surface area contributed by atoms with E-state index in [-0.39, 0.29) is 34.5 Å². The highest BCUT2D eigenvalue weighted by molar-refractivity contribution is 6.30. The average Bonchev–Trinajstić information content (AvgIpc) is 3.12. The van der Waals surface area contributed by atoms with Crippen LogP contribution in [0.3, 0.4) is 0 Å². The number of carboxylic acids is 1. The van der Waals surface area contributed by atoms with Crippen LogP contribution in [0.2, 0.25) is 5.02 Å². The van der Waals surface area contributed by atoms with E-state index < -0.39 is 58.3 Å². The molecule has 5 aliphatic rings. The summed E-state index contributed by atoms with van der Waals surface area (Å²) < 4.78 is 19.0. The fourth-order valence-corrected chi connectivity index (χ4v) is 13.0. The zero-order chi connectivity index (χ0) is 41.0. The Morgan fingerprint density at radius 1 is 0.982 bits per heavy atom. The van der Waals surface area contributed by atoms with Crippen LogP contribution in [0.25, 0.3) is 0 Å². The van der Waals surface area contributed by atoms with Crippen molar-refractivity contribution in [1.82, 2.24) is 5.32 Å². The first kappa shape index (κ1) is 42.7. The average molecular weight is 797 g/mol. The van der Waals surface area contributed by atoms with E-state index in [1.165, 1.54) is 12.5 Å². The molecule has 4 N–H and O–H groups in total. The first-order valence-electron chi connectivity index (χ1n) is 20.9. The van der Waals surface area contributed by atoms with E-state index in [1.807, 2.05) is 0 Å². The number of hydrogen-bond donors (Lipinski definition) is 3. The van der Waals surface area contributed by atoms with Gasteiger partial charge in [0.15, 0.2) is 0 Å². The molecular weight excluding hydrogens is 732 g/mol. The van der Waals surface area contributed by atoms with Crippen molar-refractivity contribution >= 4 is 35.4 Å². The van der Waals surface area contributed by atoms with Crippen molar-refractivity contribution in [1.29, 1.82) is 0 Å². The van der Waals surface area contributed by atoms with Crippen LogP contribution < -0.4 is 11.1 Å². The van der Waals surface area contributed by atoms with Crippen LogP contribution in [0, 0.1) is 56.7 Å². The first-order valence-corrected chi connectivity index (χ1v) is 21.3. The molecule has 1 aliphatic heterocycles. The van der Waals surface area contributed by atoms with E-state index in [2.05, 4.69) is 59.9 Å². The Bertz CT molecular complexity index is 1720. The van der Waals surface area contributed by atoms with Crippen molar-refractivity contribution in [2.75, 3.05) is 19.8 Å². The number of ether oxygens (including phenoxy) is 3. The molecule has 4 fully saturated rings. The number of carbonyl (C=O) groups is 4. The molecule has 12 atom stereocenters. The van der Waals surface area contributed by atoms with Crippen LogP contribution in [-0.2, 0) is 28.6 Å². The molecule has 6 rings (SSSR count). The van der Waals surface area contributed by atoms with Gasteiger partial charge in [0.2, 0.25) is 0 Å². The molecule has 56 heavy (non-hydrogen) atoms.